The van der Waals surface area contributed by atoms with Crippen LogP contribution in [0, 0.1) is 0 Å². The van der Waals surface area contributed by atoms with E-state index in [2.05, 4.69) is 5.16 Å². The Labute approximate surface area is 87.7 Å². The molecule has 2 rings (SSSR count). The van der Waals surface area contributed by atoms with E-state index >= 15 is 0 Å². The summed E-state index contributed by atoms with van der Waals surface area (Å²) in [5.74, 6) is -0.693. The summed E-state index contributed by atoms with van der Waals surface area (Å²) in [7, 11) is 0. The average Bonchev–Trinajstić information content (AvgIpc) is 2.70. The normalized spacial score (nSPS) is 10.4. The molecule has 0 aliphatic carbocycles. The van der Waals surface area contributed by atoms with E-state index in [9.17, 15) is 4.79 Å². The van der Waals surface area contributed by atoms with E-state index in [0.717, 1.165) is 4.88 Å². The van der Waals surface area contributed by atoms with E-state index in [1.165, 1.54) is 17.4 Å². The van der Waals surface area contributed by atoms with Gasteiger partial charge < -0.3 is 9.63 Å². The molecule has 72 valence electrons. The van der Waals surface area contributed by atoms with Crippen molar-refractivity contribution in [1.29, 1.82) is 0 Å². The molecule has 0 bridgehead atoms. The number of aromatic carboxylic acids is 1. The van der Waals surface area contributed by atoms with E-state index in [4.69, 9.17) is 21.2 Å². The minimum atomic E-state index is -1.11. The van der Waals surface area contributed by atoms with Crippen LogP contribution in [0.1, 0.15) is 10.5 Å². The van der Waals surface area contributed by atoms with Gasteiger partial charge in [-0.3, -0.25) is 0 Å². The second-order valence-corrected chi connectivity index (χ2v) is 3.86. The lowest BCUT2D eigenvalue weighted by atomic mass is 10.3. The lowest BCUT2D eigenvalue weighted by molar-refractivity contribution is 0.0686. The Hall–Kier alpha value is -1.33. The molecule has 1 N–H and O–H groups in total. The largest absolute Gasteiger partial charge is 0.476 e. The van der Waals surface area contributed by atoms with Crippen molar-refractivity contribution in [2.45, 2.75) is 0 Å². The lowest BCUT2D eigenvalue weighted by Gasteiger charge is -1.83. The smallest absolute Gasteiger partial charge is 0.358 e. The molecule has 0 aliphatic rings. The van der Waals surface area contributed by atoms with Crippen LogP contribution < -0.4 is 0 Å². The highest BCUT2D eigenvalue weighted by molar-refractivity contribution is 7.14. The lowest BCUT2D eigenvalue weighted by Crippen LogP contribution is -1.94. The second-order valence-electron chi connectivity index (χ2n) is 2.51. The second kappa shape index (κ2) is 3.43. The Morgan fingerprint density at radius 2 is 2.36 bits per heavy atom. The molecule has 0 saturated carbocycles. The highest BCUT2D eigenvalue weighted by atomic mass is 35.5. The minimum absolute atomic E-state index is 0.107. The van der Waals surface area contributed by atoms with Gasteiger partial charge in [0, 0.05) is 11.4 Å². The zero-order valence-corrected chi connectivity index (χ0v) is 8.30. The molecular weight excluding hydrogens is 226 g/mol. The summed E-state index contributed by atoms with van der Waals surface area (Å²) < 4.78 is 4.85. The van der Waals surface area contributed by atoms with Crippen molar-refractivity contribution < 1.29 is 14.4 Å². The Kier molecular flexibility index (Phi) is 2.26. The summed E-state index contributed by atoms with van der Waals surface area (Å²) in [5.41, 5.74) is -0.107. The molecule has 0 amide bonds. The van der Waals surface area contributed by atoms with Gasteiger partial charge >= 0.3 is 5.97 Å². The molecule has 0 saturated heterocycles. The third-order valence-corrected chi connectivity index (χ3v) is 2.83. The molecule has 0 atom stereocenters. The Morgan fingerprint density at radius 1 is 1.57 bits per heavy atom. The Morgan fingerprint density at radius 3 is 2.86 bits per heavy atom. The summed E-state index contributed by atoms with van der Waals surface area (Å²) in [6.07, 6.45) is 0. The number of hydrogen-bond acceptors (Lipinski definition) is 4. The van der Waals surface area contributed by atoms with Crippen molar-refractivity contribution in [3.8, 4) is 10.6 Å². The molecule has 0 aliphatic heterocycles. The minimum Gasteiger partial charge on any atom is -0.476 e. The quantitative estimate of drug-likeness (QED) is 0.860. The van der Waals surface area contributed by atoms with Crippen LogP contribution in [0.2, 0.25) is 5.02 Å². The predicted molar refractivity (Wildman–Crippen MR) is 51.8 cm³/mol. The van der Waals surface area contributed by atoms with Gasteiger partial charge in [-0.2, -0.15) is 0 Å². The number of aromatic nitrogens is 1. The Bertz CT molecular complexity index is 476. The molecule has 0 unspecified atom stereocenters. The van der Waals surface area contributed by atoms with Crippen molar-refractivity contribution in [2.24, 2.45) is 0 Å². The maximum atomic E-state index is 10.5. The fourth-order valence-electron chi connectivity index (χ4n) is 0.934. The van der Waals surface area contributed by atoms with Crippen molar-refractivity contribution in [1.82, 2.24) is 5.16 Å². The zero-order valence-electron chi connectivity index (χ0n) is 6.73. The third kappa shape index (κ3) is 1.64. The summed E-state index contributed by atoms with van der Waals surface area (Å²) in [6, 6.07) is 3.06. The topological polar surface area (TPSA) is 63.3 Å². The molecule has 4 nitrogen and oxygen atoms in total. The van der Waals surface area contributed by atoms with Gasteiger partial charge in [-0.25, -0.2) is 4.79 Å². The van der Waals surface area contributed by atoms with Crippen LogP contribution in [0.4, 0.5) is 0 Å². The molecule has 14 heavy (non-hydrogen) atoms. The van der Waals surface area contributed by atoms with Gasteiger partial charge in [0.2, 0.25) is 0 Å². The molecule has 0 aromatic carbocycles. The number of carbonyl (C=O) groups is 1. The summed E-state index contributed by atoms with van der Waals surface area (Å²) >= 11 is 7.08. The van der Waals surface area contributed by atoms with Gasteiger partial charge in [-0.1, -0.05) is 16.8 Å². The van der Waals surface area contributed by atoms with E-state index in [1.807, 2.05) is 0 Å². The van der Waals surface area contributed by atoms with Crippen LogP contribution >= 0.6 is 22.9 Å². The van der Waals surface area contributed by atoms with Crippen molar-refractivity contribution in [2.75, 3.05) is 0 Å². The van der Waals surface area contributed by atoms with Crippen LogP contribution in [0.15, 0.2) is 22.0 Å². The first kappa shape index (κ1) is 9.23. The number of thiophene rings is 1. The maximum absolute atomic E-state index is 10.5. The molecule has 6 heteroatoms. The summed E-state index contributed by atoms with van der Waals surface area (Å²) in [4.78, 5) is 11.3. The van der Waals surface area contributed by atoms with Gasteiger partial charge in [0.05, 0.1) is 9.90 Å². The van der Waals surface area contributed by atoms with Gasteiger partial charge in [0.1, 0.15) is 0 Å². The summed E-state index contributed by atoms with van der Waals surface area (Å²) in [6.45, 7) is 0. The van der Waals surface area contributed by atoms with Crippen LogP contribution in [0.25, 0.3) is 10.6 Å². The fraction of sp³-hybridized carbons (Fsp3) is 0. The number of rotatable bonds is 2. The van der Waals surface area contributed by atoms with E-state index in [-0.39, 0.29) is 5.69 Å². The Balaban J connectivity index is 2.38. The molecule has 0 spiro atoms. The van der Waals surface area contributed by atoms with E-state index in [1.54, 1.807) is 11.4 Å². The fourth-order valence-corrected chi connectivity index (χ4v) is 1.96. The van der Waals surface area contributed by atoms with E-state index < -0.39 is 5.97 Å². The van der Waals surface area contributed by atoms with Crippen molar-refractivity contribution in [3.05, 3.63) is 28.2 Å². The van der Waals surface area contributed by atoms with Crippen LogP contribution in [0.3, 0.4) is 0 Å². The number of nitrogens with zero attached hydrogens (tertiary/aromatic N) is 1. The molecule has 0 radical (unpaired) electrons. The van der Waals surface area contributed by atoms with Crippen molar-refractivity contribution in [3.63, 3.8) is 0 Å². The van der Waals surface area contributed by atoms with Gasteiger partial charge in [0.15, 0.2) is 11.5 Å². The number of carboxylic acids is 1. The number of halogens is 1. The number of hydrogen-bond donors (Lipinski definition) is 1. The average molecular weight is 230 g/mol. The van der Waals surface area contributed by atoms with Gasteiger partial charge in [0.25, 0.3) is 0 Å². The van der Waals surface area contributed by atoms with Gasteiger partial charge in [-0.05, 0) is 6.07 Å². The molecular formula is C8H4ClNO3S. The highest BCUT2D eigenvalue weighted by Gasteiger charge is 2.13. The SMILES string of the molecule is O=C(O)c1cc(-c2cc(Cl)cs2)on1. The molecule has 2 heterocycles. The van der Waals surface area contributed by atoms with E-state index in [0.29, 0.717) is 10.8 Å². The number of carboxylic acid groups (broad SMARTS) is 1. The third-order valence-electron chi connectivity index (χ3n) is 1.54. The molecule has 2 aromatic heterocycles. The first-order valence-electron chi connectivity index (χ1n) is 3.61. The molecule has 0 fully saturated rings. The zero-order chi connectivity index (χ0) is 10.1. The summed E-state index contributed by atoms with van der Waals surface area (Å²) in [5, 5.41) is 14.3. The van der Waals surface area contributed by atoms with Crippen LogP contribution in [0.5, 0.6) is 0 Å². The first-order chi connectivity index (χ1) is 6.66. The highest BCUT2D eigenvalue weighted by Crippen LogP contribution is 2.29. The van der Waals surface area contributed by atoms with Crippen LogP contribution in [-0.2, 0) is 0 Å². The monoisotopic (exact) mass is 229 g/mol. The van der Waals surface area contributed by atoms with Crippen LogP contribution in [-0.4, -0.2) is 16.2 Å². The maximum Gasteiger partial charge on any atom is 0.358 e. The van der Waals surface area contributed by atoms with Crippen molar-refractivity contribution >= 4 is 28.9 Å². The predicted octanol–water partition coefficient (Wildman–Crippen LogP) is 2.75. The molecule has 2 aromatic rings. The van der Waals surface area contributed by atoms with Gasteiger partial charge in [-0.15, -0.1) is 11.3 Å². The standard InChI is InChI=1S/C8H4ClNO3S/c9-4-1-7(14-3-4)6-2-5(8(11)12)10-13-6/h1-3H,(H,11,12). The first-order valence-corrected chi connectivity index (χ1v) is 4.87.